The molecule has 28 heavy (non-hydrogen) atoms. The fourth-order valence-corrected chi connectivity index (χ4v) is 3.48. The summed E-state index contributed by atoms with van der Waals surface area (Å²) in [6.07, 6.45) is 2.25. The Balaban J connectivity index is 1.85. The predicted molar refractivity (Wildman–Crippen MR) is 109 cm³/mol. The highest BCUT2D eigenvalue weighted by Gasteiger charge is 2.26. The molecule has 2 N–H and O–H groups in total. The van der Waals surface area contributed by atoms with Crippen molar-refractivity contribution < 1.29 is 14.3 Å². The molecular formula is C20H28N4O3S. The first-order valence-electron chi connectivity index (χ1n) is 9.62. The predicted octanol–water partition coefficient (Wildman–Crippen LogP) is 3.93. The average molecular weight is 405 g/mol. The Morgan fingerprint density at radius 2 is 2.18 bits per heavy atom. The van der Waals surface area contributed by atoms with Crippen LogP contribution in [0.4, 0.5) is 4.79 Å². The van der Waals surface area contributed by atoms with Crippen molar-refractivity contribution in [2.24, 2.45) is 0 Å². The van der Waals surface area contributed by atoms with Crippen molar-refractivity contribution in [1.29, 1.82) is 0 Å². The Kier molecular flexibility index (Phi) is 6.51. The highest BCUT2D eigenvalue weighted by molar-refractivity contribution is 7.71. The number of hydrogen-bond acceptors (Lipinski definition) is 5. The molecule has 0 aliphatic carbocycles. The number of carbonyl (C=O) groups is 1. The van der Waals surface area contributed by atoms with E-state index in [4.69, 9.17) is 21.7 Å². The number of benzene rings is 1. The summed E-state index contributed by atoms with van der Waals surface area (Å²) < 4.78 is 13.7. The van der Waals surface area contributed by atoms with Gasteiger partial charge in [-0.25, -0.2) is 4.79 Å². The van der Waals surface area contributed by atoms with Gasteiger partial charge in [0.25, 0.3) is 0 Å². The van der Waals surface area contributed by atoms with Crippen molar-refractivity contribution in [3.63, 3.8) is 0 Å². The molecule has 0 radical (unpaired) electrons. The van der Waals surface area contributed by atoms with Crippen molar-refractivity contribution >= 4 is 18.3 Å². The number of carbonyl (C=O) groups excluding carboxylic acids is 1. The lowest BCUT2D eigenvalue weighted by molar-refractivity contribution is 0.0498. The largest absolute Gasteiger partial charge is 0.444 e. The number of rotatable bonds is 6. The van der Waals surface area contributed by atoms with Gasteiger partial charge in [-0.1, -0.05) is 30.3 Å². The summed E-state index contributed by atoms with van der Waals surface area (Å²) in [5, 5.41) is 10.3. The second-order valence-corrected chi connectivity index (χ2v) is 8.41. The summed E-state index contributed by atoms with van der Waals surface area (Å²) >= 11 is 5.44. The summed E-state index contributed by atoms with van der Waals surface area (Å²) in [6, 6.07) is 9.58. The van der Waals surface area contributed by atoms with Crippen LogP contribution in [0, 0.1) is 4.77 Å². The molecule has 2 atom stereocenters. The molecule has 1 aromatic heterocycles. The fraction of sp³-hybridized carbons (Fsp3) is 0.550. The summed E-state index contributed by atoms with van der Waals surface area (Å²) in [5.74, 6) is 0.676. The number of alkyl carbamates (subject to hydrolysis) is 1. The first-order chi connectivity index (χ1) is 13.3. The Hall–Kier alpha value is -2.19. The Morgan fingerprint density at radius 3 is 2.82 bits per heavy atom. The van der Waals surface area contributed by atoms with E-state index in [1.807, 2.05) is 55.7 Å². The third kappa shape index (κ3) is 5.65. The summed E-state index contributed by atoms with van der Waals surface area (Å²) in [5.41, 5.74) is 0.505. The average Bonchev–Trinajstić information content (AvgIpc) is 3.25. The van der Waals surface area contributed by atoms with Crippen molar-refractivity contribution in [3.05, 3.63) is 46.5 Å². The third-order valence-electron chi connectivity index (χ3n) is 4.48. The molecular weight excluding hydrogens is 376 g/mol. The maximum atomic E-state index is 12.5. The molecule has 152 valence electrons. The lowest BCUT2D eigenvalue weighted by Crippen LogP contribution is -2.37. The van der Waals surface area contributed by atoms with Gasteiger partial charge in [0.05, 0.1) is 18.7 Å². The van der Waals surface area contributed by atoms with Crippen LogP contribution in [0.25, 0.3) is 0 Å². The van der Waals surface area contributed by atoms with Gasteiger partial charge in [-0.15, -0.1) is 0 Å². The number of aromatic nitrogens is 3. The molecule has 7 nitrogen and oxygen atoms in total. The molecule has 0 bridgehead atoms. The van der Waals surface area contributed by atoms with Crippen molar-refractivity contribution in [2.45, 2.75) is 64.3 Å². The van der Waals surface area contributed by atoms with Crippen LogP contribution in [0.2, 0.25) is 0 Å². The quantitative estimate of drug-likeness (QED) is 0.713. The molecule has 2 heterocycles. The molecule has 1 aliphatic rings. The maximum absolute atomic E-state index is 12.5. The second kappa shape index (κ2) is 8.87. The van der Waals surface area contributed by atoms with Gasteiger partial charge in [-0.2, -0.15) is 5.10 Å². The molecule has 0 saturated carbocycles. The van der Waals surface area contributed by atoms with Gasteiger partial charge in [0.1, 0.15) is 5.60 Å². The van der Waals surface area contributed by atoms with Gasteiger partial charge < -0.3 is 14.8 Å². The fourth-order valence-electron chi connectivity index (χ4n) is 3.27. The van der Waals surface area contributed by atoms with E-state index in [9.17, 15) is 4.79 Å². The molecule has 1 saturated heterocycles. The molecule has 0 spiro atoms. The molecule has 1 amide bonds. The highest BCUT2D eigenvalue weighted by atomic mass is 32.1. The number of nitrogens with zero attached hydrogens (tertiary/aromatic N) is 2. The van der Waals surface area contributed by atoms with Gasteiger partial charge >= 0.3 is 6.09 Å². The zero-order valence-corrected chi connectivity index (χ0v) is 17.4. The molecule has 3 rings (SSSR count). The van der Waals surface area contributed by atoms with Crippen LogP contribution >= 0.6 is 12.2 Å². The number of nitrogens with one attached hydrogen (secondary N) is 2. The van der Waals surface area contributed by atoms with Crippen LogP contribution in [0.3, 0.4) is 0 Å². The number of aromatic amines is 1. The number of H-pyrrole nitrogens is 1. The van der Waals surface area contributed by atoms with Crippen molar-refractivity contribution in [2.75, 3.05) is 6.61 Å². The third-order valence-corrected chi connectivity index (χ3v) is 4.79. The minimum atomic E-state index is -0.580. The first kappa shape index (κ1) is 20.5. The maximum Gasteiger partial charge on any atom is 0.408 e. The van der Waals surface area contributed by atoms with Crippen LogP contribution in [-0.4, -0.2) is 39.2 Å². The van der Waals surface area contributed by atoms with Gasteiger partial charge in [0, 0.05) is 13.0 Å². The van der Waals surface area contributed by atoms with Gasteiger partial charge in [0.2, 0.25) is 0 Å². The first-order valence-corrected chi connectivity index (χ1v) is 10.0. The van der Waals surface area contributed by atoms with E-state index in [1.165, 1.54) is 0 Å². The minimum absolute atomic E-state index is 0.113. The smallest absolute Gasteiger partial charge is 0.408 e. The molecule has 1 aromatic carbocycles. The Morgan fingerprint density at radius 1 is 1.43 bits per heavy atom. The van der Waals surface area contributed by atoms with Gasteiger partial charge in [-0.05, 0) is 51.4 Å². The summed E-state index contributed by atoms with van der Waals surface area (Å²) in [7, 11) is 0. The standard InChI is InChI=1S/C20H28N4O3S/c1-20(2,3)27-19(25)21-16(12-14-8-5-4-6-9-14)17-22-23-18(28)24(17)13-15-10-7-11-26-15/h4-6,8-9,15-16H,7,10-13H2,1-3H3,(H,21,25)(H,23,28)/t15-,16+/m1/s1. The van der Waals surface area contributed by atoms with E-state index >= 15 is 0 Å². The topological polar surface area (TPSA) is 81.2 Å². The van der Waals surface area contributed by atoms with Crippen LogP contribution in [0.1, 0.15) is 51.0 Å². The van der Waals surface area contributed by atoms with E-state index in [1.54, 1.807) is 0 Å². The number of amides is 1. The number of ether oxygens (including phenoxy) is 2. The molecule has 1 fully saturated rings. The van der Waals surface area contributed by atoms with Crippen LogP contribution in [-0.2, 0) is 22.4 Å². The Bertz CT molecular complexity index is 835. The molecule has 0 unspecified atom stereocenters. The van der Waals surface area contributed by atoms with E-state index in [0.29, 0.717) is 23.6 Å². The lowest BCUT2D eigenvalue weighted by atomic mass is 10.1. The zero-order chi connectivity index (χ0) is 20.1. The zero-order valence-electron chi connectivity index (χ0n) is 16.6. The lowest BCUT2D eigenvalue weighted by Gasteiger charge is -2.24. The van der Waals surface area contributed by atoms with E-state index in [2.05, 4.69) is 15.5 Å². The Labute approximate surface area is 170 Å². The van der Waals surface area contributed by atoms with Crippen LogP contribution in [0.5, 0.6) is 0 Å². The van der Waals surface area contributed by atoms with Crippen molar-refractivity contribution in [1.82, 2.24) is 20.1 Å². The van der Waals surface area contributed by atoms with E-state index in [0.717, 1.165) is 25.0 Å². The molecule has 8 heteroatoms. The van der Waals surface area contributed by atoms with Gasteiger partial charge in [0.15, 0.2) is 10.6 Å². The van der Waals surface area contributed by atoms with Crippen LogP contribution < -0.4 is 5.32 Å². The van der Waals surface area contributed by atoms with Crippen LogP contribution in [0.15, 0.2) is 30.3 Å². The minimum Gasteiger partial charge on any atom is -0.444 e. The molecule has 1 aliphatic heterocycles. The summed E-state index contributed by atoms with van der Waals surface area (Å²) in [6.45, 7) is 6.91. The monoisotopic (exact) mass is 404 g/mol. The normalized spacial score (nSPS) is 18.0. The van der Waals surface area contributed by atoms with Crippen molar-refractivity contribution in [3.8, 4) is 0 Å². The number of hydrogen-bond donors (Lipinski definition) is 2. The molecule has 2 aromatic rings. The SMILES string of the molecule is CC(C)(C)OC(=O)N[C@@H](Cc1ccccc1)c1n[nH]c(=S)n1C[C@H]1CCCO1. The second-order valence-electron chi connectivity index (χ2n) is 8.02. The van der Waals surface area contributed by atoms with Gasteiger partial charge in [-0.3, -0.25) is 9.67 Å². The summed E-state index contributed by atoms with van der Waals surface area (Å²) in [4.78, 5) is 12.5. The van der Waals surface area contributed by atoms with E-state index < -0.39 is 11.7 Å². The highest BCUT2D eigenvalue weighted by Crippen LogP contribution is 2.21. The van der Waals surface area contributed by atoms with E-state index in [-0.39, 0.29) is 12.1 Å².